The number of nitrogens with zero attached hydrogens (tertiary/aromatic N) is 2. The number of methoxy groups -OCH3 is 1. The first-order valence-electron chi connectivity index (χ1n) is 7.73. The van der Waals surface area contributed by atoms with Gasteiger partial charge in [-0.2, -0.15) is 0 Å². The summed E-state index contributed by atoms with van der Waals surface area (Å²) in [5.74, 6) is 0.714. The zero-order valence-corrected chi connectivity index (χ0v) is 13.4. The van der Waals surface area contributed by atoms with Gasteiger partial charge in [-0.15, -0.1) is 0 Å². The molecule has 3 rings (SSSR count). The van der Waals surface area contributed by atoms with E-state index in [1.807, 2.05) is 6.07 Å². The van der Waals surface area contributed by atoms with Crippen LogP contribution in [0, 0.1) is 0 Å². The number of ether oxygens (including phenoxy) is 3. The van der Waals surface area contributed by atoms with E-state index in [2.05, 4.69) is 15.3 Å². The summed E-state index contributed by atoms with van der Waals surface area (Å²) in [4.78, 5) is 20.6. The van der Waals surface area contributed by atoms with Gasteiger partial charge in [-0.05, 0) is 12.1 Å². The Hall–Kier alpha value is -2.67. The molecule has 24 heavy (non-hydrogen) atoms. The van der Waals surface area contributed by atoms with Crippen molar-refractivity contribution in [3.63, 3.8) is 0 Å². The average Bonchev–Trinajstić information content (AvgIpc) is 3.13. The molecule has 1 aliphatic heterocycles. The summed E-state index contributed by atoms with van der Waals surface area (Å²) in [7, 11) is 1.55. The van der Waals surface area contributed by atoms with Crippen LogP contribution in [-0.2, 0) is 11.3 Å². The molecule has 1 unspecified atom stereocenters. The van der Waals surface area contributed by atoms with Crippen LogP contribution in [0.5, 0.6) is 11.8 Å². The van der Waals surface area contributed by atoms with E-state index < -0.39 is 0 Å². The molecule has 3 heterocycles. The minimum absolute atomic E-state index is 0.00420. The molecule has 0 aromatic carbocycles. The van der Waals surface area contributed by atoms with Crippen LogP contribution >= 0.6 is 0 Å². The van der Waals surface area contributed by atoms with Crippen molar-refractivity contribution >= 4 is 5.91 Å². The Morgan fingerprint density at radius 1 is 1.38 bits per heavy atom. The summed E-state index contributed by atoms with van der Waals surface area (Å²) in [5.41, 5.74) is 1.30. The molecule has 1 atom stereocenters. The Kier molecular flexibility index (Phi) is 5.22. The molecule has 0 radical (unpaired) electrons. The predicted molar refractivity (Wildman–Crippen MR) is 86.0 cm³/mol. The number of hydrogen-bond donors (Lipinski definition) is 1. The molecular formula is C17H19N3O4. The molecule has 0 spiro atoms. The lowest BCUT2D eigenvalue weighted by Gasteiger charge is -2.12. The number of amides is 1. The van der Waals surface area contributed by atoms with Crippen LogP contribution in [0.4, 0.5) is 0 Å². The van der Waals surface area contributed by atoms with Crippen molar-refractivity contribution in [1.82, 2.24) is 15.3 Å². The molecule has 126 valence electrons. The van der Waals surface area contributed by atoms with Gasteiger partial charge < -0.3 is 19.5 Å². The Labute approximate surface area is 140 Å². The van der Waals surface area contributed by atoms with E-state index in [0.29, 0.717) is 37.1 Å². The van der Waals surface area contributed by atoms with Crippen molar-refractivity contribution in [3.05, 3.63) is 47.8 Å². The summed E-state index contributed by atoms with van der Waals surface area (Å²) in [5, 5.41) is 2.84. The first-order chi connectivity index (χ1) is 11.8. The van der Waals surface area contributed by atoms with Crippen LogP contribution in [0.25, 0.3) is 0 Å². The maximum atomic E-state index is 12.3. The lowest BCUT2D eigenvalue weighted by Crippen LogP contribution is -2.23. The van der Waals surface area contributed by atoms with Crippen molar-refractivity contribution in [1.29, 1.82) is 0 Å². The maximum Gasteiger partial charge on any atom is 0.251 e. The summed E-state index contributed by atoms with van der Waals surface area (Å²) < 4.78 is 16.2. The largest absolute Gasteiger partial charge is 0.481 e. The third-order valence-electron chi connectivity index (χ3n) is 3.66. The number of carbonyl (C=O) groups is 1. The van der Waals surface area contributed by atoms with Gasteiger partial charge in [0, 0.05) is 42.6 Å². The zero-order chi connectivity index (χ0) is 16.8. The third kappa shape index (κ3) is 3.99. The molecule has 1 amide bonds. The minimum atomic E-state index is -0.212. The summed E-state index contributed by atoms with van der Waals surface area (Å²) in [6.07, 6.45) is 4.03. The fraction of sp³-hybridized carbons (Fsp3) is 0.353. The van der Waals surface area contributed by atoms with Crippen LogP contribution in [-0.4, -0.2) is 42.3 Å². The number of rotatable bonds is 6. The molecule has 1 saturated heterocycles. The molecule has 0 saturated carbocycles. The van der Waals surface area contributed by atoms with Gasteiger partial charge in [0.05, 0.1) is 20.3 Å². The fourth-order valence-corrected chi connectivity index (χ4v) is 2.41. The summed E-state index contributed by atoms with van der Waals surface area (Å²) in [6, 6.07) is 6.93. The van der Waals surface area contributed by atoms with Gasteiger partial charge in [-0.1, -0.05) is 6.07 Å². The Bertz CT molecular complexity index is 702. The van der Waals surface area contributed by atoms with E-state index in [-0.39, 0.29) is 12.0 Å². The average molecular weight is 329 g/mol. The van der Waals surface area contributed by atoms with Crippen LogP contribution in [0.1, 0.15) is 22.3 Å². The predicted octanol–water partition coefficient (Wildman–Crippen LogP) is 1.58. The molecule has 7 nitrogen and oxygen atoms in total. The number of nitrogens with one attached hydrogen (secondary N) is 1. The standard InChI is InChI=1S/C17H19N3O4/c1-22-17-13(3-2-6-19-17)10-20-16(21)12-4-7-18-15(9-12)24-14-5-8-23-11-14/h2-4,6-7,9,14H,5,8,10-11H2,1H3,(H,20,21). The highest BCUT2D eigenvalue weighted by atomic mass is 16.5. The first kappa shape index (κ1) is 16.2. The molecule has 2 aromatic rings. The number of hydrogen-bond acceptors (Lipinski definition) is 6. The molecule has 7 heteroatoms. The molecule has 1 fully saturated rings. The molecule has 1 aliphatic rings. The van der Waals surface area contributed by atoms with Crippen molar-refractivity contribution < 1.29 is 19.0 Å². The van der Waals surface area contributed by atoms with Gasteiger partial charge in [-0.3, -0.25) is 4.79 Å². The second-order valence-electron chi connectivity index (χ2n) is 5.34. The van der Waals surface area contributed by atoms with E-state index >= 15 is 0 Å². The topological polar surface area (TPSA) is 82.6 Å². The van der Waals surface area contributed by atoms with Gasteiger partial charge in [0.15, 0.2) is 0 Å². The van der Waals surface area contributed by atoms with Crippen LogP contribution in [0.3, 0.4) is 0 Å². The fourth-order valence-electron chi connectivity index (χ4n) is 2.41. The maximum absolute atomic E-state index is 12.3. The zero-order valence-electron chi connectivity index (χ0n) is 13.4. The number of aromatic nitrogens is 2. The third-order valence-corrected chi connectivity index (χ3v) is 3.66. The smallest absolute Gasteiger partial charge is 0.251 e. The van der Waals surface area contributed by atoms with Crippen molar-refractivity contribution in [2.45, 2.75) is 19.1 Å². The summed E-state index contributed by atoms with van der Waals surface area (Å²) >= 11 is 0. The Morgan fingerprint density at radius 2 is 2.29 bits per heavy atom. The first-order valence-corrected chi connectivity index (χ1v) is 7.73. The van der Waals surface area contributed by atoms with Crippen molar-refractivity contribution in [2.75, 3.05) is 20.3 Å². The quantitative estimate of drug-likeness (QED) is 0.866. The molecule has 0 aliphatic carbocycles. The molecular weight excluding hydrogens is 310 g/mol. The normalized spacial score (nSPS) is 16.6. The lowest BCUT2D eigenvalue weighted by atomic mass is 10.2. The van der Waals surface area contributed by atoms with E-state index in [1.165, 1.54) is 0 Å². The van der Waals surface area contributed by atoms with Gasteiger partial charge >= 0.3 is 0 Å². The highest BCUT2D eigenvalue weighted by Gasteiger charge is 2.18. The van der Waals surface area contributed by atoms with Crippen LogP contribution in [0.2, 0.25) is 0 Å². The van der Waals surface area contributed by atoms with Crippen molar-refractivity contribution in [2.24, 2.45) is 0 Å². The van der Waals surface area contributed by atoms with Gasteiger partial charge in [0.25, 0.3) is 5.91 Å². The van der Waals surface area contributed by atoms with E-state index in [4.69, 9.17) is 14.2 Å². The van der Waals surface area contributed by atoms with E-state index in [0.717, 1.165) is 12.0 Å². The Balaban J connectivity index is 1.62. The number of pyridine rings is 2. The van der Waals surface area contributed by atoms with Crippen molar-refractivity contribution in [3.8, 4) is 11.8 Å². The molecule has 2 aromatic heterocycles. The number of carbonyl (C=O) groups excluding carboxylic acids is 1. The van der Waals surface area contributed by atoms with Crippen LogP contribution in [0.15, 0.2) is 36.7 Å². The highest BCUT2D eigenvalue weighted by Crippen LogP contribution is 2.16. The second-order valence-corrected chi connectivity index (χ2v) is 5.34. The minimum Gasteiger partial charge on any atom is -0.481 e. The highest BCUT2D eigenvalue weighted by molar-refractivity contribution is 5.94. The SMILES string of the molecule is COc1ncccc1CNC(=O)c1ccnc(OC2CCOC2)c1. The van der Waals surface area contributed by atoms with Gasteiger partial charge in [0.2, 0.25) is 11.8 Å². The second kappa shape index (κ2) is 7.74. The van der Waals surface area contributed by atoms with Gasteiger partial charge in [-0.25, -0.2) is 9.97 Å². The monoisotopic (exact) mass is 329 g/mol. The molecule has 0 bridgehead atoms. The summed E-state index contributed by atoms with van der Waals surface area (Å²) in [6.45, 7) is 1.57. The van der Waals surface area contributed by atoms with Gasteiger partial charge in [0.1, 0.15) is 6.10 Å². The van der Waals surface area contributed by atoms with E-state index in [9.17, 15) is 4.79 Å². The molecule has 1 N–H and O–H groups in total. The lowest BCUT2D eigenvalue weighted by molar-refractivity contribution is 0.0949. The van der Waals surface area contributed by atoms with Crippen LogP contribution < -0.4 is 14.8 Å². The Morgan fingerprint density at radius 3 is 3.08 bits per heavy atom. The van der Waals surface area contributed by atoms with E-state index in [1.54, 1.807) is 37.7 Å².